The van der Waals surface area contributed by atoms with E-state index in [0.29, 0.717) is 11.8 Å². The molecule has 0 unspecified atom stereocenters. The fourth-order valence-electron chi connectivity index (χ4n) is 7.98. The second kappa shape index (κ2) is 5.45. The van der Waals surface area contributed by atoms with Gasteiger partial charge in [-0.3, -0.25) is 4.79 Å². The van der Waals surface area contributed by atoms with Crippen LogP contribution in [0.5, 0.6) is 0 Å². The van der Waals surface area contributed by atoms with Crippen molar-refractivity contribution in [1.82, 2.24) is 0 Å². The number of hydrogen-bond acceptors (Lipinski definition) is 4. The number of hydrogen-bond donors (Lipinski definition) is 2. The van der Waals surface area contributed by atoms with Crippen LogP contribution in [0, 0.1) is 28.6 Å². The van der Waals surface area contributed by atoms with Gasteiger partial charge in [0.25, 0.3) is 0 Å². The van der Waals surface area contributed by atoms with E-state index >= 15 is 0 Å². The van der Waals surface area contributed by atoms with Crippen molar-refractivity contribution >= 4 is 5.97 Å². The molecule has 4 saturated carbocycles. The third-order valence-electron chi connectivity index (χ3n) is 8.81. The van der Waals surface area contributed by atoms with Crippen LogP contribution in [0.25, 0.3) is 0 Å². The minimum atomic E-state index is -0.846. The standard InChI is InChI=1S/C21H34O4/c1-14(22)25-13-21(24)12-20-10-7-16-18(2,8-4-9-19(16,3)23)17(20)6-5-15(21)11-20/h15-17,23-24H,4-13H2,1-3H3/t15-,16+,17+,18-,19-,20+,21-/m1/s1. The Balaban J connectivity index is 1.63. The summed E-state index contributed by atoms with van der Waals surface area (Å²) in [5.74, 6) is 0.909. The predicted octanol–water partition coefficient (Wildman–Crippen LogP) is 3.44. The molecule has 0 aromatic rings. The van der Waals surface area contributed by atoms with Crippen molar-refractivity contribution in [1.29, 1.82) is 0 Å². The third kappa shape index (κ3) is 2.50. The van der Waals surface area contributed by atoms with Crippen LogP contribution in [0.3, 0.4) is 0 Å². The Morgan fingerprint density at radius 1 is 1.08 bits per heavy atom. The number of rotatable bonds is 2. The van der Waals surface area contributed by atoms with Gasteiger partial charge in [-0.1, -0.05) is 13.3 Å². The van der Waals surface area contributed by atoms with Gasteiger partial charge in [0.1, 0.15) is 12.2 Å². The van der Waals surface area contributed by atoms with Gasteiger partial charge in [-0.15, -0.1) is 0 Å². The summed E-state index contributed by atoms with van der Waals surface area (Å²) in [6, 6.07) is 0. The summed E-state index contributed by atoms with van der Waals surface area (Å²) in [4.78, 5) is 11.3. The van der Waals surface area contributed by atoms with Crippen LogP contribution in [-0.2, 0) is 9.53 Å². The topological polar surface area (TPSA) is 66.8 Å². The normalized spacial score (nSPS) is 54.5. The first kappa shape index (κ1) is 17.8. The van der Waals surface area contributed by atoms with E-state index in [1.165, 1.54) is 13.3 Å². The summed E-state index contributed by atoms with van der Waals surface area (Å²) in [6.45, 7) is 6.03. The smallest absolute Gasteiger partial charge is 0.302 e. The number of ether oxygens (including phenoxy) is 1. The Morgan fingerprint density at radius 2 is 1.84 bits per heavy atom. The molecule has 0 aromatic carbocycles. The molecule has 7 atom stereocenters. The zero-order valence-corrected chi connectivity index (χ0v) is 16.0. The Kier molecular flexibility index (Phi) is 3.88. The quantitative estimate of drug-likeness (QED) is 0.749. The molecule has 0 saturated heterocycles. The molecular weight excluding hydrogens is 316 g/mol. The summed E-state index contributed by atoms with van der Waals surface area (Å²) in [7, 11) is 0. The molecular formula is C21H34O4. The van der Waals surface area contributed by atoms with Crippen LogP contribution in [0.1, 0.15) is 78.6 Å². The first-order valence-electron chi connectivity index (χ1n) is 10.2. The molecule has 4 rings (SSSR count). The predicted molar refractivity (Wildman–Crippen MR) is 94.8 cm³/mol. The molecule has 0 radical (unpaired) electrons. The van der Waals surface area contributed by atoms with Gasteiger partial charge < -0.3 is 14.9 Å². The monoisotopic (exact) mass is 350 g/mol. The first-order valence-corrected chi connectivity index (χ1v) is 10.2. The molecule has 4 fully saturated rings. The van der Waals surface area contributed by atoms with Crippen molar-refractivity contribution in [2.75, 3.05) is 6.61 Å². The molecule has 4 aliphatic rings. The van der Waals surface area contributed by atoms with Gasteiger partial charge >= 0.3 is 5.97 Å². The van der Waals surface area contributed by atoms with Crippen molar-refractivity contribution < 1.29 is 19.7 Å². The fourth-order valence-corrected chi connectivity index (χ4v) is 7.98. The average molecular weight is 350 g/mol. The van der Waals surface area contributed by atoms with E-state index in [1.807, 2.05) is 6.92 Å². The van der Waals surface area contributed by atoms with Crippen LogP contribution in [0.15, 0.2) is 0 Å². The minimum Gasteiger partial charge on any atom is -0.463 e. The molecule has 4 heteroatoms. The highest BCUT2D eigenvalue weighted by Gasteiger charge is 2.67. The summed E-state index contributed by atoms with van der Waals surface area (Å²) in [6.07, 6.45) is 9.41. The van der Waals surface area contributed by atoms with Crippen LogP contribution < -0.4 is 0 Å². The van der Waals surface area contributed by atoms with Gasteiger partial charge in [-0.25, -0.2) is 0 Å². The van der Waals surface area contributed by atoms with Gasteiger partial charge in [0.15, 0.2) is 0 Å². The molecule has 142 valence electrons. The molecule has 2 bridgehead atoms. The highest BCUT2D eigenvalue weighted by Crippen LogP contribution is 2.71. The number of carbonyl (C=O) groups is 1. The Bertz CT molecular complexity index is 572. The first-order chi connectivity index (χ1) is 11.6. The van der Waals surface area contributed by atoms with E-state index in [4.69, 9.17) is 4.74 Å². The Labute approximate surface area is 151 Å². The highest BCUT2D eigenvalue weighted by atomic mass is 16.5. The minimum absolute atomic E-state index is 0.152. The van der Waals surface area contributed by atoms with Gasteiger partial charge in [0.2, 0.25) is 0 Å². The summed E-state index contributed by atoms with van der Waals surface area (Å²) < 4.78 is 5.25. The zero-order chi connectivity index (χ0) is 18.1. The molecule has 4 aliphatic carbocycles. The molecule has 25 heavy (non-hydrogen) atoms. The fraction of sp³-hybridized carbons (Fsp3) is 0.952. The van der Waals surface area contributed by atoms with E-state index in [2.05, 4.69) is 6.92 Å². The number of aliphatic hydroxyl groups is 2. The van der Waals surface area contributed by atoms with E-state index in [-0.39, 0.29) is 29.3 Å². The molecule has 0 amide bonds. The van der Waals surface area contributed by atoms with E-state index in [1.54, 1.807) is 0 Å². The summed E-state index contributed by atoms with van der Waals surface area (Å²) >= 11 is 0. The molecule has 1 spiro atoms. The molecule has 4 nitrogen and oxygen atoms in total. The number of esters is 1. The summed E-state index contributed by atoms with van der Waals surface area (Å²) in [5.41, 5.74) is -1.03. The largest absolute Gasteiger partial charge is 0.463 e. The van der Waals surface area contributed by atoms with Crippen molar-refractivity contribution in [3.05, 3.63) is 0 Å². The van der Waals surface area contributed by atoms with Crippen molar-refractivity contribution in [2.24, 2.45) is 28.6 Å². The van der Waals surface area contributed by atoms with Crippen molar-refractivity contribution in [2.45, 2.75) is 89.8 Å². The maximum absolute atomic E-state index is 11.3. The van der Waals surface area contributed by atoms with E-state index in [0.717, 1.165) is 51.4 Å². The van der Waals surface area contributed by atoms with Gasteiger partial charge in [-0.05, 0) is 86.9 Å². The van der Waals surface area contributed by atoms with Crippen LogP contribution in [0.4, 0.5) is 0 Å². The molecule has 0 heterocycles. The maximum atomic E-state index is 11.3. The lowest BCUT2D eigenvalue weighted by atomic mass is 9.43. The third-order valence-corrected chi connectivity index (χ3v) is 8.81. The molecule has 0 aliphatic heterocycles. The maximum Gasteiger partial charge on any atom is 0.302 e. The number of carbonyl (C=O) groups excluding carboxylic acids is 1. The number of fused-ring (bicyclic) bond motifs is 3. The van der Waals surface area contributed by atoms with E-state index < -0.39 is 11.2 Å². The lowest BCUT2D eigenvalue weighted by Gasteiger charge is -2.63. The summed E-state index contributed by atoms with van der Waals surface area (Å²) in [5, 5.41) is 22.3. The lowest BCUT2D eigenvalue weighted by Crippen LogP contribution is -2.58. The van der Waals surface area contributed by atoms with Crippen molar-refractivity contribution in [3.8, 4) is 0 Å². The van der Waals surface area contributed by atoms with Crippen LogP contribution >= 0.6 is 0 Å². The average Bonchev–Trinajstić information content (AvgIpc) is 2.71. The lowest BCUT2D eigenvalue weighted by molar-refractivity contribution is -0.181. The van der Waals surface area contributed by atoms with Gasteiger partial charge in [0.05, 0.1) is 5.60 Å². The second-order valence-electron chi connectivity index (χ2n) is 10.3. The molecule has 0 aromatic heterocycles. The van der Waals surface area contributed by atoms with Gasteiger partial charge in [0, 0.05) is 6.92 Å². The van der Waals surface area contributed by atoms with Crippen LogP contribution in [0.2, 0.25) is 0 Å². The SMILES string of the molecule is CC(=O)OC[C@]1(O)C[C@@]23CC[C@H]4[C@@](C)(CCC[C@@]4(C)O)[C@@H]2CC[C@@H]1C3. The van der Waals surface area contributed by atoms with E-state index in [9.17, 15) is 15.0 Å². The Hall–Kier alpha value is -0.610. The van der Waals surface area contributed by atoms with Crippen LogP contribution in [-0.4, -0.2) is 34.0 Å². The molecule has 2 N–H and O–H groups in total. The highest BCUT2D eigenvalue weighted by molar-refractivity contribution is 5.66. The van der Waals surface area contributed by atoms with Crippen molar-refractivity contribution in [3.63, 3.8) is 0 Å². The van der Waals surface area contributed by atoms with Gasteiger partial charge in [-0.2, -0.15) is 0 Å². The zero-order valence-electron chi connectivity index (χ0n) is 16.0. The Morgan fingerprint density at radius 3 is 2.56 bits per heavy atom. The second-order valence-corrected chi connectivity index (χ2v) is 10.3.